The molecule has 0 bridgehead atoms. The van der Waals surface area contributed by atoms with Gasteiger partial charge in [-0.2, -0.15) is 0 Å². The van der Waals surface area contributed by atoms with E-state index in [-0.39, 0.29) is 18.2 Å². The number of hydrogen-bond acceptors (Lipinski definition) is 5. The van der Waals surface area contributed by atoms with Crippen LogP contribution in [0.25, 0.3) is 11.4 Å². The summed E-state index contributed by atoms with van der Waals surface area (Å²) in [6.07, 6.45) is 0. The van der Waals surface area contributed by atoms with Crippen LogP contribution in [0.15, 0.2) is 47.6 Å². The fourth-order valence-electron chi connectivity index (χ4n) is 3.02. The highest BCUT2D eigenvalue weighted by atomic mass is 35.5. The van der Waals surface area contributed by atoms with Gasteiger partial charge in [-0.15, -0.1) is 10.2 Å². The first-order valence-corrected chi connectivity index (χ1v) is 11.1. The predicted molar refractivity (Wildman–Crippen MR) is 121 cm³/mol. The van der Waals surface area contributed by atoms with Crippen molar-refractivity contribution in [2.75, 3.05) is 26.5 Å². The summed E-state index contributed by atoms with van der Waals surface area (Å²) in [7, 11) is 3.26. The van der Waals surface area contributed by atoms with Crippen LogP contribution < -0.4 is 0 Å². The van der Waals surface area contributed by atoms with Crippen LogP contribution in [0.2, 0.25) is 5.02 Å². The zero-order valence-electron chi connectivity index (χ0n) is 17.6. The third kappa shape index (κ3) is 5.84. The minimum atomic E-state index is -0.429. The molecule has 9 heteroatoms. The Hall–Kier alpha value is -2.42. The third-order valence-electron chi connectivity index (χ3n) is 4.72. The van der Waals surface area contributed by atoms with Gasteiger partial charge in [0.2, 0.25) is 5.91 Å². The molecule has 0 saturated heterocycles. The first-order valence-electron chi connectivity index (χ1n) is 9.69. The normalized spacial score (nSPS) is 11.0. The van der Waals surface area contributed by atoms with Crippen LogP contribution in [0.4, 0.5) is 4.39 Å². The van der Waals surface area contributed by atoms with Crippen molar-refractivity contribution in [3.05, 3.63) is 64.4 Å². The average molecular weight is 463 g/mol. The number of halogens is 2. The average Bonchev–Trinajstić information content (AvgIpc) is 3.15. The number of rotatable bonds is 9. The van der Waals surface area contributed by atoms with Gasteiger partial charge in [-0.05, 0) is 25.1 Å². The van der Waals surface area contributed by atoms with Crippen LogP contribution in [-0.4, -0.2) is 52.1 Å². The lowest BCUT2D eigenvalue weighted by molar-refractivity contribution is -0.127. The van der Waals surface area contributed by atoms with E-state index >= 15 is 0 Å². The Morgan fingerprint density at radius 1 is 1.26 bits per heavy atom. The molecule has 0 spiro atoms. The van der Waals surface area contributed by atoms with Gasteiger partial charge in [-0.25, -0.2) is 4.39 Å². The molecule has 164 valence electrons. The highest BCUT2D eigenvalue weighted by Gasteiger charge is 2.18. The smallest absolute Gasteiger partial charge is 0.233 e. The van der Waals surface area contributed by atoms with Crippen molar-refractivity contribution < 1.29 is 13.9 Å². The molecule has 2 aromatic carbocycles. The summed E-state index contributed by atoms with van der Waals surface area (Å²) in [5.74, 6) is 0.272. The number of carbonyl (C=O) groups excluding carboxylic acids is 1. The van der Waals surface area contributed by atoms with Crippen LogP contribution >= 0.6 is 23.4 Å². The fraction of sp³-hybridized carbons (Fsp3) is 0.318. The third-order valence-corrected chi connectivity index (χ3v) is 6.03. The Morgan fingerprint density at radius 3 is 2.74 bits per heavy atom. The molecule has 0 aliphatic carbocycles. The van der Waals surface area contributed by atoms with Crippen molar-refractivity contribution in [3.8, 4) is 11.4 Å². The molecule has 0 saturated carbocycles. The molecule has 0 unspecified atom stereocenters. The second-order valence-corrected chi connectivity index (χ2v) is 8.41. The van der Waals surface area contributed by atoms with E-state index in [2.05, 4.69) is 10.2 Å². The molecule has 3 rings (SSSR count). The molecule has 31 heavy (non-hydrogen) atoms. The molecule has 0 radical (unpaired) electrons. The van der Waals surface area contributed by atoms with Crippen molar-refractivity contribution in [2.24, 2.45) is 0 Å². The van der Waals surface area contributed by atoms with Crippen LogP contribution in [0.1, 0.15) is 11.1 Å². The van der Waals surface area contributed by atoms with E-state index in [0.29, 0.717) is 28.9 Å². The SMILES string of the molecule is COCCn1c(SCC(=O)N(C)Cc2c(F)cccc2Cl)nnc1-c1cccc(C)c1. The van der Waals surface area contributed by atoms with E-state index in [9.17, 15) is 9.18 Å². The summed E-state index contributed by atoms with van der Waals surface area (Å²) in [5, 5.41) is 9.55. The second-order valence-electron chi connectivity index (χ2n) is 7.06. The lowest BCUT2D eigenvalue weighted by atomic mass is 10.1. The predicted octanol–water partition coefficient (Wildman–Crippen LogP) is 4.44. The van der Waals surface area contributed by atoms with Gasteiger partial charge in [0, 0.05) is 36.9 Å². The lowest BCUT2D eigenvalue weighted by Crippen LogP contribution is -2.28. The van der Waals surface area contributed by atoms with E-state index in [1.807, 2.05) is 35.8 Å². The zero-order chi connectivity index (χ0) is 22.4. The van der Waals surface area contributed by atoms with Gasteiger partial charge in [0.05, 0.1) is 18.9 Å². The minimum Gasteiger partial charge on any atom is -0.383 e. The van der Waals surface area contributed by atoms with E-state index in [1.165, 1.54) is 28.8 Å². The number of carbonyl (C=O) groups is 1. The minimum absolute atomic E-state index is 0.0931. The van der Waals surface area contributed by atoms with Crippen molar-refractivity contribution >= 4 is 29.3 Å². The number of benzene rings is 2. The Balaban J connectivity index is 1.72. The van der Waals surface area contributed by atoms with Gasteiger partial charge in [0.15, 0.2) is 11.0 Å². The Kier molecular flexibility index (Phi) is 8.06. The molecule has 0 fully saturated rings. The summed E-state index contributed by atoms with van der Waals surface area (Å²) in [6.45, 7) is 3.16. The topological polar surface area (TPSA) is 60.2 Å². The molecular weight excluding hydrogens is 439 g/mol. The van der Waals surface area contributed by atoms with Crippen LogP contribution in [0.5, 0.6) is 0 Å². The van der Waals surface area contributed by atoms with E-state index < -0.39 is 5.82 Å². The van der Waals surface area contributed by atoms with Crippen molar-refractivity contribution in [1.82, 2.24) is 19.7 Å². The lowest BCUT2D eigenvalue weighted by Gasteiger charge is -2.18. The summed E-state index contributed by atoms with van der Waals surface area (Å²) in [6, 6.07) is 12.5. The number of ether oxygens (including phenoxy) is 1. The number of nitrogens with zero attached hydrogens (tertiary/aromatic N) is 4. The maximum atomic E-state index is 14.0. The molecule has 6 nitrogen and oxygen atoms in total. The van der Waals surface area contributed by atoms with Crippen LogP contribution in [-0.2, 0) is 22.6 Å². The molecule has 1 aromatic heterocycles. The number of aromatic nitrogens is 3. The summed E-state index contributed by atoms with van der Waals surface area (Å²) in [4.78, 5) is 14.1. The highest BCUT2D eigenvalue weighted by Crippen LogP contribution is 2.25. The molecular formula is C22H24ClFN4O2S. The maximum Gasteiger partial charge on any atom is 0.233 e. The molecule has 1 heterocycles. The Labute approximate surface area is 190 Å². The molecule has 3 aromatic rings. The molecule has 1 amide bonds. The van der Waals surface area contributed by atoms with Crippen LogP contribution in [0.3, 0.4) is 0 Å². The summed E-state index contributed by atoms with van der Waals surface area (Å²) in [5.41, 5.74) is 2.37. The van der Waals surface area contributed by atoms with Gasteiger partial charge in [0.1, 0.15) is 5.82 Å². The Bertz CT molecular complexity index is 1040. The zero-order valence-corrected chi connectivity index (χ0v) is 19.2. The quantitative estimate of drug-likeness (QED) is 0.440. The van der Waals surface area contributed by atoms with Gasteiger partial charge in [0.25, 0.3) is 0 Å². The Morgan fingerprint density at radius 2 is 2.03 bits per heavy atom. The number of thioether (sulfide) groups is 1. The molecule has 0 aliphatic rings. The first-order chi connectivity index (χ1) is 14.9. The van der Waals surface area contributed by atoms with Gasteiger partial charge < -0.3 is 9.64 Å². The summed E-state index contributed by atoms with van der Waals surface area (Å²) >= 11 is 7.36. The number of aryl methyl sites for hydroxylation is 1. The van der Waals surface area contributed by atoms with E-state index in [4.69, 9.17) is 16.3 Å². The fourth-order valence-corrected chi connectivity index (χ4v) is 4.15. The summed E-state index contributed by atoms with van der Waals surface area (Å²) < 4.78 is 21.2. The number of methoxy groups -OCH3 is 1. The molecule has 0 atom stereocenters. The van der Waals surface area contributed by atoms with Crippen molar-refractivity contribution in [3.63, 3.8) is 0 Å². The van der Waals surface area contributed by atoms with Crippen molar-refractivity contribution in [2.45, 2.75) is 25.2 Å². The van der Waals surface area contributed by atoms with E-state index in [0.717, 1.165) is 17.0 Å². The van der Waals surface area contributed by atoms with Crippen LogP contribution in [0, 0.1) is 12.7 Å². The number of amides is 1. The van der Waals surface area contributed by atoms with E-state index in [1.54, 1.807) is 20.2 Å². The highest BCUT2D eigenvalue weighted by molar-refractivity contribution is 7.99. The van der Waals surface area contributed by atoms with Gasteiger partial charge in [-0.1, -0.05) is 53.2 Å². The molecule has 0 N–H and O–H groups in total. The number of hydrogen-bond donors (Lipinski definition) is 0. The van der Waals surface area contributed by atoms with Gasteiger partial charge in [-0.3, -0.25) is 9.36 Å². The second kappa shape index (κ2) is 10.7. The van der Waals surface area contributed by atoms with Gasteiger partial charge >= 0.3 is 0 Å². The standard InChI is InChI=1S/C22H24ClFN4O2S/c1-15-6-4-7-16(12-15)21-25-26-22(28(21)10-11-30-3)31-14-20(29)27(2)13-17-18(23)8-5-9-19(17)24/h4-9,12H,10-11,13-14H2,1-3H3. The largest absolute Gasteiger partial charge is 0.383 e. The maximum absolute atomic E-state index is 14.0. The van der Waals surface area contributed by atoms with Crippen molar-refractivity contribution in [1.29, 1.82) is 0 Å². The molecule has 0 aliphatic heterocycles. The monoisotopic (exact) mass is 462 g/mol. The first kappa shape index (κ1) is 23.2.